The van der Waals surface area contributed by atoms with Gasteiger partial charge in [0, 0.05) is 32.8 Å². The number of aryl methyl sites for hydroxylation is 1. The van der Waals surface area contributed by atoms with Gasteiger partial charge < -0.3 is 19.3 Å². The van der Waals surface area contributed by atoms with E-state index >= 15 is 0 Å². The van der Waals surface area contributed by atoms with Crippen molar-refractivity contribution in [2.75, 3.05) is 33.9 Å². The molecule has 1 heterocycles. The molecule has 0 fully saturated rings. The first-order valence-electron chi connectivity index (χ1n) is 11.9. The molecule has 0 saturated carbocycles. The number of unbranched alkanes of at least 4 members (excludes halogenated alkanes) is 1. The van der Waals surface area contributed by atoms with Crippen LogP contribution in [0.5, 0.6) is 17.4 Å². The van der Waals surface area contributed by atoms with Gasteiger partial charge in [-0.05, 0) is 37.6 Å². The summed E-state index contributed by atoms with van der Waals surface area (Å²) in [5.41, 5.74) is 2.78. The summed E-state index contributed by atoms with van der Waals surface area (Å²) >= 11 is 0. The molecule has 34 heavy (non-hydrogen) atoms. The third kappa shape index (κ3) is 7.06. The average molecular weight is 468 g/mol. The molecule has 0 aliphatic rings. The third-order valence-electron chi connectivity index (χ3n) is 5.75. The van der Waals surface area contributed by atoms with Crippen molar-refractivity contribution < 1.29 is 19.3 Å². The Balaban J connectivity index is 1.96. The molecule has 0 aliphatic carbocycles. The van der Waals surface area contributed by atoms with Gasteiger partial charge in [-0.25, -0.2) is 4.68 Å². The van der Waals surface area contributed by atoms with Gasteiger partial charge in [-0.2, -0.15) is 5.10 Å². The normalized spacial score (nSPS) is 12.2. The van der Waals surface area contributed by atoms with Gasteiger partial charge >= 0.3 is 0 Å². The van der Waals surface area contributed by atoms with Gasteiger partial charge in [-0.15, -0.1) is 0 Å². The van der Waals surface area contributed by atoms with Crippen LogP contribution in [0.1, 0.15) is 37.4 Å². The van der Waals surface area contributed by atoms with Crippen LogP contribution in [-0.2, 0) is 11.3 Å². The number of methoxy groups -OCH3 is 2. The van der Waals surface area contributed by atoms with Gasteiger partial charge in [-0.1, -0.05) is 44.0 Å². The van der Waals surface area contributed by atoms with E-state index in [1.165, 1.54) is 0 Å². The Labute approximate surface area is 202 Å². The molecule has 1 aromatic heterocycles. The highest BCUT2D eigenvalue weighted by molar-refractivity contribution is 5.44. The molecule has 1 atom stereocenters. The van der Waals surface area contributed by atoms with Crippen molar-refractivity contribution in [1.29, 1.82) is 0 Å². The zero-order valence-corrected chi connectivity index (χ0v) is 20.7. The predicted molar refractivity (Wildman–Crippen MR) is 134 cm³/mol. The number of hydrogen-bond donors (Lipinski definition) is 1. The van der Waals surface area contributed by atoms with E-state index in [1.54, 1.807) is 14.2 Å². The Bertz CT molecular complexity index is 1010. The predicted octanol–water partition coefficient (Wildman–Crippen LogP) is 4.98. The lowest BCUT2D eigenvalue weighted by Gasteiger charge is -2.25. The molecule has 0 saturated heterocycles. The minimum absolute atomic E-state index is 0.385. The summed E-state index contributed by atoms with van der Waals surface area (Å²) in [6.07, 6.45) is 2.48. The maximum atomic E-state index is 10.6. The Kier molecular flexibility index (Phi) is 9.94. The number of para-hydroxylation sites is 1. The van der Waals surface area contributed by atoms with Gasteiger partial charge in [0.2, 0.25) is 5.88 Å². The van der Waals surface area contributed by atoms with E-state index in [0.717, 1.165) is 42.0 Å². The van der Waals surface area contributed by atoms with Gasteiger partial charge in [0.05, 0.1) is 36.8 Å². The van der Waals surface area contributed by atoms with Gasteiger partial charge in [0.1, 0.15) is 11.5 Å². The zero-order chi connectivity index (χ0) is 24.3. The summed E-state index contributed by atoms with van der Waals surface area (Å²) in [5.74, 6) is 2.05. The van der Waals surface area contributed by atoms with Crippen molar-refractivity contribution >= 4 is 0 Å². The van der Waals surface area contributed by atoms with Crippen LogP contribution >= 0.6 is 0 Å². The second kappa shape index (κ2) is 13.1. The van der Waals surface area contributed by atoms with Crippen LogP contribution in [0, 0.1) is 6.92 Å². The summed E-state index contributed by atoms with van der Waals surface area (Å²) in [6, 6.07) is 17.5. The number of benzene rings is 2. The van der Waals surface area contributed by atoms with Crippen LogP contribution in [0.3, 0.4) is 0 Å². The first-order chi connectivity index (χ1) is 16.5. The molecule has 0 spiro atoms. The quantitative estimate of drug-likeness (QED) is 0.361. The van der Waals surface area contributed by atoms with Crippen molar-refractivity contribution in [3.05, 3.63) is 65.9 Å². The Morgan fingerprint density at radius 3 is 2.53 bits per heavy atom. The van der Waals surface area contributed by atoms with E-state index in [9.17, 15) is 5.11 Å². The zero-order valence-electron chi connectivity index (χ0n) is 20.7. The topological polar surface area (TPSA) is 69.0 Å². The Hall–Kier alpha value is -2.87. The van der Waals surface area contributed by atoms with E-state index in [0.29, 0.717) is 37.9 Å². The smallest absolute Gasteiger partial charge is 0.227 e. The van der Waals surface area contributed by atoms with E-state index < -0.39 is 0 Å². The summed E-state index contributed by atoms with van der Waals surface area (Å²) in [6.45, 7) is 6.57. The fourth-order valence-electron chi connectivity index (χ4n) is 3.85. The minimum Gasteiger partial charge on any atom is -0.497 e. The fourth-order valence-corrected chi connectivity index (χ4v) is 3.85. The lowest BCUT2D eigenvalue weighted by Crippen LogP contribution is -2.34. The third-order valence-corrected chi connectivity index (χ3v) is 5.75. The molecule has 0 unspecified atom stereocenters. The number of rotatable bonds is 14. The lowest BCUT2D eigenvalue weighted by molar-refractivity contribution is 0.0786. The summed E-state index contributed by atoms with van der Waals surface area (Å²) in [4.78, 5) is 2.21. The summed E-state index contributed by atoms with van der Waals surface area (Å²) in [7, 11) is 3.34. The van der Waals surface area contributed by atoms with E-state index in [4.69, 9.17) is 19.3 Å². The molecule has 0 aliphatic heterocycles. The molecule has 7 heteroatoms. The number of nitrogens with zero attached hydrogens (tertiary/aromatic N) is 3. The highest BCUT2D eigenvalue weighted by Gasteiger charge is 2.22. The molecule has 0 bridgehead atoms. The van der Waals surface area contributed by atoms with Crippen LogP contribution < -0.4 is 9.47 Å². The molecule has 0 amide bonds. The summed E-state index contributed by atoms with van der Waals surface area (Å²) in [5, 5.41) is 15.4. The van der Waals surface area contributed by atoms with Crippen LogP contribution in [0.15, 0.2) is 54.6 Å². The summed E-state index contributed by atoms with van der Waals surface area (Å²) < 4.78 is 19.0. The number of aromatic nitrogens is 2. The van der Waals surface area contributed by atoms with Crippen molar-refractivity contribution in [3.63, 3.8) is 0 Å². The van der Waals surface area contributed by atoms with E-state index in [-0.39, 0.29) is 6.10 Å². The van der Waals surface area contributed by atoms with Crippen molar-refractivity contribution in [1.82, 2.24) is 14.7 Å². The van der Waals surface area contributed by atoms with Crippen LogP contribution in [0.4, 0.5) is 0 Å². The number of aliphatic hydroxyl groups is 1. The number of hydrogen-bond acceptors (Lipinski definition) is 6. The van der Waals surface area contributed by atoms with Crippen LogP contribution in [0.25, 0.3) is 5.69 Å². The lowest BCUT2D eigenvalue weighted by atomic mass is 10.1. The molecule has 1 N–H and O–H groups in total. The number of ether oxygens (including phenoxy) is 3. The standard InChI is InChI=1S/C27H37N3O4/c1-5-6-13-23(31)19-29(16-17-32-3)20-26-21(2)28-30(22-11-8-7-9-12-22)27(26)34-25-15-10-14-24(18-25)33-4/h7-12,14-15,18,23,31H,5-6,13,16-17,19-20H2,1-4H3/t23-/m0/s1. The SMILES string of the molecule is CCCC[C@H](O)CN(CCOC)Cc1c(C)nn(-c2ccccc2)c1Oc1cccc(OC)c1. The first-order valence-corrected chi connectivity index (χ1v) is 11.9. The molecular formula is C27H37N3O4. The highest BCUT2D eigenvalue weighted by Crippen LogP contribution is 2.33. The van der Waals surface area contributed by atoms with Gasteiger partial charge in [0.15, 0.2) is 0 Å². The molecule has 3 aromatic rings. The maximum absolute atomic E-state index is 10.6. The van der Waals surface area contributed by atoms with Gasteiger partial charge in [0.25, 0.3) is 0 Å². The van der Waals surface area contributed by atoms with E-state index in [2.05, 4.69) is 11.8 Å². The second-order valence-corrected chi connectivity index (χ2v) is 8.42. The van der Waals surface area contributed by atoms with Crippen molar-refractivity contribution in [3.8, 4) is 23.1 Å². The maximum Gasteiger partial charge on any atom is 0.227 e. The minimum atomic E-state index is -0.385. The fraction of sp³-hybridized carbons (Fsp3) is 0.444. The molecule has 184 valence electrons. The van der Waals surface area contributed by atoms with Crippen molar-refractivity contribution in [2.24, 2.45) is 0 Å². The average Bonchev–Trinajstić information content (AvgIpc) is 3.16. The molecule has 2 aromatic carbocycles. The van der Waals surface area contributed by atoms with Crippen LogP contribution in [0.2, 0.25) is 0 Å². The van der Waals surface area contributed by atoms with Crippen LogP contribution in [-0.4, -0.2) is 59.8 Å². The Morgan fingerprint density at radius 1 is 1.06 bits per heavy atom. The second-order valence-electron chi connectivity index (χ2n) is 8.42. The first kappa shape index (κ1) is 25.7. The molecule has 7 nitrogen and oxygen atoms in total. The monoisotopic (exact) mass is 467 g/mol. The highest BCUT2D eigenvalue weighted by atomic mass is 16.5. The largest absolute Gasteiger partial charge is 0.497 e. The number of aliphatic hydroxyl groups excluding tert-OH is 1. The molecule has 3 rings (SSSR count). The Morgan fingerprint density at radius 2 is 1.82 bits per heavy atom. The van der Waals surface area contributed by atoms with E-state index in [1.807, 2.05) is 66.2 Å². The van der Waals surface area contributed by atoms with Gasteiger partial charge in [-0.3, -0.25) is 4.90 Å². The molecular weight excluding hydrogens is 430 g/mol. The molecule has 0 radical (unpaired) electrons. The van der Waals surface area contributed by atoms with Crippen molar-refractivity contribution in [2.45, 2.75) is 45.8 Å².